The van der Waals surface area contributed by atoms with Crippen LogP contribution in [0.5, 0.6) is 5.75 Å². The van der Waals surface area contributed by atoms with E-state index in [-0.39, 0.29) is 0 Å². The van der Waals surface area contributed by atoms with Gasteiger partial charge in [-0.25, -0.2) is 0 Å². The van der Waals surface area contributed by atoms with Gasteiger partial charge in [0.25, 0.3) is 0 Å². The second kappa shape index (κ2) is 6.66. The summed E-state index contributed by atoms with van der Waals surface area (Å²) in [5, 5.41) is 11.1. The van der Waals surface area contributed by atoms with E-state index in [1.54, 1.807) is 7.11 Å². The van der Waals surface area contributed by atoms with E-state index in [1.807, 2.05) is 26.0 Å². The summed E-state index contributed by atoms with van der Waals surface area (Å²) in [6, 6.07) is 12.4. The van der Waals surface area contributed by atoms with Gasteiger partial charge in [0, 0.05) is 5.56 Å². The van der Waals surface area contributed by atoms with Crippen LogP contribution in [0.1, 0.15) is 25.0 Å². The van der Waals surface area contributed by atoms with Gasteiger partial charge in [0.1, 0.15) is 5.75 Å². The Balaban J connectivity index is 0.000000771. The molecule has 0 aliphatic carbocycles. The molecule has 0 fully saturated rings. The SMILES string of the molecule is CC.COc1ccc2cc(C)ccc2c1CC#N. The number of ether oxygens (including phenoxy) is 1. The van der Waals surface area contributed by atoms with Crippen molar-refractivity contribution in [2.45, 2.75) is 27.2 Å². The van der Waals surface area contributed by atoms with Gasteiger partial charge in [0.15, 0.2) is 0 Å². The monoisotopic (exact) mass is 241 g/mol. The molecule has 0 heterocycles. The van der Waals surface area contributed by atoms with Crippen molar-refractivity contribution in [2.24, 2.45) is 0 Å². The Bertz CT molecular complexity index is 567. The van der Waals surface area contributed by atoms with Gasteiger partial charge in [-0.05, 0) is 23.8 Å². The first kappa shape index (κ1) is 14.1. The fourth-order valence-electron chi connectivity index (χ4n) is 1.95. The van der Waals surface area contributed by atoms with E-state index in [4.69, 9.17) is 10.00 Å². The highest BCUT2D eigenvalue weighted by Crippen LogP contribution is 2.28. The van der Waals surface area contributed by atoms with Crippen LogP contribution in [0.4, 0.5) is 0 Å². The minimum Gasteiger partial charge on any atom is -0.496 e. The number of hydrogen-bond donors (Lipinski definition) is 0. The molecule has 0 unspecified atom stereocenters. The molecule has 0 aliphatic heterocycles. The van der Waals surface area contributed by atoms with Gasteiger partial charge < -0.3 is 4.74 Å². The standard InChI is InChI=1S/C14H13NO.C2H6/c1-10-3-5-12-11(9-10)4-6-14(16-2)13(12)7-8-15;1-2/h3-6,9H,7H2,1-2H3;1-2H3. The number of fused-ring (bicyclic) bond motifs is 1. The van der Waals surface area contributed by atoms with Crippen LogP contribution in [0.15, 0.2) is 30.3 Å². The largest absolute Gasteiger partial charge is 0.496 e. The predicted molar refractivity (Wildman–Crippen MR) is 75.9 cm³/mol. The van der Waals surface area contributed by atoms with Gasteiger partial charge in [-0.1, -0.05) is 43.7 Å². The van der Waals surface area contributed by atoms with E-state index in [1.165, 1.54) is 5.56 Å². The third kappa shape index (κ3) is 2.81. The number of rotatable bonds is 2. The molecule has 0 saturated heterocycles. The summed E-state index contributed by atoms with van der Waals surface area (Å²) in [4.78, 5) is 0. The minimum atomic E-state index is 0.379. The molecule has 18 heavy (non-hydrogen) atoms. The summed E-state index contributed by atoms with van der Waals surface area (Å²) in [6.45, 7) is 6.06. The van der Waals surface area contributed by atoms with Gasteiger partial charge in [-0.15, -0.1) is 0 Å². The molecule has 2 aromatic carbocycles. The highest BCUT2D eigenvalue weighted by atomic mass is 16.5. The summed E-state index contributed by atoms with van der Waals surface area (Å²) in [7, 11) is 1.64. The molecule has 0 radical (unpaired) electrons. The Morgan fingerprint density at radius 2 is 1.89 bits per heavy atom. The first-order valence-corrected chi connectivity index (χ1v) is 6.19. The summed E-state index contributed by atoms with van der Waals surface area (Å²) >= 11 is 0. The first-order valence-electron chi connectivity index (χ1n) is 6.19. The Hall–Kier alpha value is -2.01. The van der Waals surface area contributed by atoms with Crippen molar-refractivity contribution in [3.05, 3.63) is 41.5 Å². The van der Waals surface area contributed by atoms with E-state index in [0.29, 0.717) is 6.42 Å². The molecule has 0 N–H and O–H groups in total. The Morgan fingerprint density at radius 3 is 2.50 bits per heavy atom. The van der Waals surface area contributed by atoms with Crippen LogP contribution in [0.25, 0.3) is 10.8 Å². The van der Waals surface area contributed by atoms with E-state index in [0.717, 1.165) is 22.1 Å². The van der Waals surface area contributed by atoms with Crippen molar-refractivity contribution in [1.29, 1.82) is 5.26 Å². The zero-order valence-corrected chi connectivity index (χ0v) is 11.4. The molecule has 2 heteroatoms. The molecule has 0 spiro atoms. The lowest BCUT2D eigenvalue weighted by atomic mass is 10.00. The van der Waals surface area contributed by atoms with Crippen LogP contribution in [0.3, 0.4) is 0 Å². The molecular weight excluding hydrogens is 222 g/mol. The normalized spacial score (nSPS) is 9.28. The van der Waals surface area contributed by atoms with Crippen LogP contribution in [0, 0.1) is 18.3 Å². The second-order valence-corrected chi connectivity index (χ2v) is 3.81. The molecule has 0 amide bonds. The van der Waals surface area contributed by atoms with Crippen molar-refractivity contribution < 1.29 is 4.74 Å². The third-order valence-corrected chi connectivity index (χ3v) is 2.72. The average molecular weight is 241 g/mol. The lowest BCUT2D eigenvalue weighted by Gasteiger charge is -2.09. The number of aryl methyl sites for hydroxylation is 1. The summed E-state index contributed by atoms with van der Waals surface area (Å²) in [5.74, 6) is 0.790. The number of nitrogens with zero attached hydrogens (tertiary/aromatic N) is 1. The summed E-state index contributed by atoms with van der Waals surface area (Å²) in [6.07, 6.45) is 0.379. The smallest absolute Gasteiger partial charge is 0.123 e. The maximum absolute atomic E-state index is 8.85. The minimum absolute atomic E-state index is 0.379. The lowest BCUT2D eigenvalue weighted by molar-refractivity contribution is 0.411. The predicted octanol–water partition coefficient (Wildman–Crippen LogP) is 4.25. The third-order valence-electron chi connectivity index (χ3n) is 2.72. The molecule has 0 saturated carbocycles. The number of hydrogen-bond acceptors (Lipinski definition) is 2. The topological polar surface area (TPSA) is 33.0 Å². The van der Waals surface area contributed by atoms with Crippen molar-refractivity contribution in [3.63, 3.8) is 0 Å². The summed E-state index contributed by atoms with van der Waals surface area (Å²) in [5.41, 5.74) is 2.20. The molecule has 0 atom stereocenters. The molecule has 2 aromatic rings. The molecular formula is C16H19NO. The zero-order chi connectivity index (χ0) is 13.5. The van der Waals surface area contributed by atoms with Crippen molar-refractivity contribution in [3.8, 4) is 11.8 Å². The highest BCUT2D eigenvalue weighted by Gasteiger charge is 2.07. The van der Waals surface area contributed by atoms with Crippen LogP contribution in [0.2, 0.25) is 0 Å². The average Bonchev–Trinajstić information content (AvgIpc) is 2.41. The molecule has 0 bridgehead atoms. The fraction of sp³-hybridized carbons (Fsp3) is 0.312. The van der Waals surface area contributed by atoms with Gasteiger partial charge >= 0.3 is 0 Å². The summed E-state index contributed by atoms with van der Waals surface area (Å²) < 4.78 is 5.29. The van der Waals surface area contributed by atoms with Gasteiger partial charge in [0.2, 0.25) is 0 Å². The van der Waals surface area contributed by atoms with Gasteiger partial charge in [-0.2, -0.15) is 5.26 Å². The number of benzene rings is 2. The molecule has 2 nitrogen and oxygen atoms in total. The highest BCUT2D eigenvalue weighted by molar-refractivity contribution is 5.88. The van der Waals surface area contributed by atoms with E-state index >= 15 is 0 Å². The van der Waals surface area contributed by atoms with Gasteiger partial charge in [-0.3, -0.25) is 0 Å². The lowest BCUT2D eigenvalue weighted by Crippen LogP contribution is -1.92. The van der Waals surface area contributed by atoms with Crippen LogP contribution in [-0.4, -0.2) is 7.11 Å². The Morgan fingerprint density at radius 1 is 1.17 bits per heavy atom. The molecule has 2 rings (SSSR count). The first-order chi connectivity index (χ1) is 8.76. The molecule has 94 valence electrons. The maximum Gasteiger partial charge on any atom is 0.123 e. The quantitative estimate of drug-likeness (QED) is 0.787. The maximum atomic E-state index is 8.85. The van der Waals surface area contributed by atoms with Crippen LogP contribution in [-0.2, 0) is 6.42 Å². The zero-order valence-electron chi connectivity index (χ0n) is 11.4. The van der Waals surface area contributed by atoms with Gasteiger partial charge in [0.05, 0.1) is 19.6 Å². The van der Waals surface area contributed by atoms with Crippen molar-refractivity contribution >= 4 is 10.8 Å². The van der Waals surface area contributed by atoms with Crippen molar-refractivity contribution in [1.82, 2.24) is 0 Å². The Kier molecular flexibility index (Phi) is 5.20. The number of methoxy groups -OCH3 is 1. The van der Waals surface area contributed by atoms with Crippen LogP contribution < -0.4 is 4.74 Å². The molecule has 0 aromatic heterocycles. The van der Waals surface area contributed by atoms with E-state index in [9.17, 15) is 0 Å². The van der Waals surface area contributed by atoms with E-state index < -0.39 is 0 Å². The Labute approximate surface area is 109 Å². The van der Waals surface area contributed by atoms with Crippen LogP contribution >= 0.6 is 0 Å². The number of nitriles is 1. The second-order valence-electron chi connectivity index (χ2n) is 3.81. The van der Waals surface area contributed by atoms with Crippen molar-refractivity contribution in [2.75, 3.05) is 7.11 Å². The van der Waals surface area contributed by atoms with E-state index in [2.05, 4.69) is 31.2 Å². The molecule has 0 aliphatic rings. The fourth-order valence-corrected chi connectivity index (χ4v) is 1.95.